The summed E-state index contributed by atoms with van der Waals surface area (Å²) in [6, 6.07) is 7.51. The van der Waals surface area contributed by atoms with Crippen molar-refractivity contribution in [2.45, 2.75) is 19.4 Å². The number of rotatable bonds is 4. The van der Waals surface area contributed by atoms with Crippen LogP contribution in [-0.2, 0) is 11.2 Å². The first-order valence-electron chi connectivity index (χ1n) is 7.93. The van der Waals surface area contributed by atoms with Crippen LogP contribution in [0.15, 0.2) is 41.2 Å². The summed E-state index contributed by atoms with van der Waals surface area (Å²) >= 11 is 0. The van der Waals surface area contributed by atoms with Gasteiger partial charge in [-0.2, -0.15) is 0 Å². The number of hydrogen-bond acceptors (Lipinski definition) is 5. The van der Waals surface area contributed by atoms with Gasteiger partial charge in [-0.3, -0.25) is 4.79 Å². The lowest BCUT2D eigenvalue weighted by Gasteiger charge is -2.17. The molecule has 124 valence electrons. The molecule has 4 rings (SSSR count). The molecule has 0 aliphatic carbocycles. The van der Waals surface area contributed by atoms with Crippen molar-refractivity contribution in [1.82, 2.24) is 19.9 Å². The highest BCUT2D eigenvalue weighted by Crippen LogP contribution is 2.20. The maximum absolute atomic E-state index is 12.5. The predicted molar refractivity (Wildman–Crippen MR) is 85.7 cm³/mol. The Hall–Kier alpha value is -2.67. The molecular formula is C17H18N4O3. The number of fused-ring (bicyclic) bond motifs is 1. The third kappa shape index (κ3) is 2.90. The van der Waals surface area contributed by atoms with Gasteiger partial charge in [-0.15, -0.1) is 0 Å². The summed E-state index contributed by atoms with van der Waals surface area (Å²) < 4.78 is 12.6. The van der Waals surface area contributed by atoms with Crippen molar-refractivity contribution in [3.63, 3.8) is 0 Å². The average molecular weight is 326 g/mol. The van der Waals surface area contributed by atoms with Crippen molar-refractivity contribution in [1.29, 1.82) is 0 Å². The molecule has 1 aliphatic heterocycles. The number of nitrogens with one attached hydrogen (secondary N) is 1. The Morgan fingerprint density at radius 1 is 1.42 bits per heavy atom. The zero-order valence-corrected chi connectivity index (χ0v) is 13.3. The Morgan fingerprint density at radius 2 is 2.33 bits per heavy atom. The van der Waals surface area contributed by atoms with E-state index < -0.39 is 0 Å². The Labute approximate surface area is 138 Å². The second-order valence-corrected chi connectivity index (χ2v) is 6.11. The van der Waals surface area contributed by atoms with Crippen molar-refractivity contribution in [3.05, 3.63) is 53.8 Å². The molecule has 1 saturated heterocycles. The number of hydrogen-bond donors (Lipinski definition) is 1. The van der Waals surface area contributed by atoms with Crippen LogP contribution in [0.5, 0.6) is 0 Å². The van der Waals surface area contributed by atoms with Gasteiger partial charge in [0.25, 0.3) is 5.91 Å². The number of carbonyl (C=O) groups excluding carboxylic acids is 1. The van der Waals surface area contributed by atoms with E-state index in [9.17, 15) is 4.79 Å². The van der Waals surface area contributed by atoms with Crippen molar-refractivity contribution in [2.24, 2.45) is 5.92 Å². The molecule has 1 fully saturated rings. The van der Waals surface area contributed by atoms with Crippen LogP contribution in [0.3, 0.4) is 0 Å². The van der Waals surface area contributed by atoms with E-state index in [0.717, 1.165) is 17.1 Å². The molecule has 0 bridgehead atoms. The van der Waals surface area contributed by atoms with Crippen LogP contribution in [0.1, 0.15) is 21.9 Å². The minimum Gasteiger partial charge on any atom is -0.379 e. The van der Waals surface area contributed by atoms with E-state index in [2.05, 4.69) is 15.5 Å². The number of carbonyl (C=O) groups is 1. The molecule has 0 saturated carbocycles. The highest BCUT2D eigenvalue weighted by Gasteiger charge is 2.31. The van der Waals surface area contributed by atoms with E-state index in [4.69, 9.17) is 9.26 Å². The Morgan fingerprint density at radius 3 is 3.12 bits per heavy atom. The molecule has 24 heavy (non-hydrogen) atoms. The summed E-state index contributed by atoms with van der Waals surface area (Å²) in [6.07, 6.45) is 4.29. The van der Waals surface area contributed by atoms with Crippen molar-refractivity contribution < 1.29 is 14.1 Å². The van der Waals surface area contributed by atoms with Gasteiger partial charge in [-0.05, 0) is 19.1 Å². The molecule has 3 aromatic heterocycles. The molecule has 0 radical (unpaired) electrons. The lowest BCUT2D eigenvalue weighted by molar-refractivity contribution is 0.0920. The molecule has 1 amide bonds. The van der Waals surface area contributed by atoms with E-state index in [1.54, 1.807) is 6.20 Å². The monoisotopic (exact) mass is 326 g/mol. The largest absolute Gasteiger partial charge is 0.379 e. The fourth-order valence-corrected chi connectivity index (χ4v) is 3.02. The van der Waals surface area contributed by atoms with Crippen LogP contribution in [-0.4, -0.2) is 39.7 Å². The normalized spacial score (nSPS) is 20.5. The molecule has 3 aromatic rings. The minimum atomic E-state index is -0.187. The molecule has 0 aromatic carbocycles. The topological polar surface area (TPSA) is 81.7 Å². The molecule has 0 unspecified atom stereocenters. The quantitative estimate of drug-likeness (QED) is 0.788. The fraction of sp³-hybridized carbons (Fsp3) is 0.353. The lowest BCUT2D eigenvalue weighted by atomic mass is 9.98. The molecule has 7 heteroatoms. The zero-order valence-electron chi connectivity index (χ0n) is 13.3. The Kier molecular flexibility index (Phi) is 3.78. The molecule has 1 aliphatic rings. The second kappa shape index (κ2) is 6.09. The fourth-order valence-electron chi connectivity index (χ4n) is 3.02. The molecule has 4 heterocycles. The number of ether oxygens (including phenoxy) is 1. The lowest BCUT2D eigenvalue weighted by Crippen LogP contribution is -2.40. The van der Waals surface area contributed by atoms with Crippen LogP contribution in [0.2, 0.25) is 0 Å². The maximum Gasteiger partial charge on any atom is 0.271 e. The van der Waals surface area contributed by atoms with Gasteiger partial charge in [-0.25, -0.2) is 4.98 Å². The summed E-state index contributed by atoms with van der Waals surface area (Å²) in [5, 5.41) is 6.93. The third-order valence-corrected chi connectivity index (χ3v) is 4.25. The van der Waals surface area contributed by atoms with E-state index in [0.29, 0.717) is 25.3 Å². The van der Waals surface area contributed by atoms with E-state index in [1.165, 1.54) is 0 Å². The van der Waals surface area contributed by atoms with Crippen LogP contribution in [0.4, 0.5) is 0 Å². The van der Waals surface area contributed by atoms with E-state index in [1.807, 2.05) is 41.8 Å². The van der Waals surface area contributed by atoms with Gasteiger partial charge in [0.1, 0.15) is 17.1 Å². The molecule has 1 N–H and O–H groups in total. The second-order valence-electron chi connectivity index (χ2n) is 6.11. The molecular weight excluding hydrogens is 308 g/mol. The first-order chi connectivity index (χ1) is 11.7. The van der Waals surface area contributed by atoms with E-state index >= 15 is 0 Å². The smallest absolute Gasteiger partial charge is 0.271 e. The van der Waals surface area contributed by atoms with Crippen LogP contribution < -0.4 is 5.32 Å². The van der Waals surface area contributed by atoms with Gasteiger partial charge in [0.15, 0.2) is 0 Å². The molecule has 7 nitrogen and oxygen atoms in total. The van der Waals surface area contributed by atoms with Crippen LogP contribution >= 0.6 is 0 Å². The van der Waals surface area contributed by atoms with Crippen molar-refractivity contribution in [3.8, 4) is 0 Å². The highest BCUT2D eigenvalue weighted by atomic mass is 16.5. The highest BCUT2D eigenvalue weighted by molar-refractivity contribution is 5.93. The van der Waals surface area contributed by atoms with Gasteiger partial charge in [0.2, 0.25) is 0 Å². The number of nitrogens with zero attached hydrogens (tertiary/aromatic N) is 3. The number of imidazole rings is 1. The van der Waals surface area contributed by atoms with Crippen LogP contribution in [0.25, 0.3) is 5.65 Å². The Bertz CT molecular complexity index is 836. The summed E-state index contributed by atoms with van der Waals surface area (Å²) in [5.74, 6) is 0.793. The Balaban J connectivity index is 1.45. The zero-order chi connectivity index (χ0) is 16.5. The van der Waals surface area contributed by atoms with Gasteiger partial charge in [0.05, 0.1) is 24.9 Å². The first kappa shape index (κ1) is 14.9. The van der Waals surface area contributed by atoms with Crippen LogP contribution in [0, 0.1) is 12.8 Å². The van der Waals surface area contributed by atoms with Crippen molar-refractivity contribution in [2.75, 3.05) is 13.2 Å². The third-order valence-electron chi connectivity index (χ3n) is 4.25. The molecule has 0 spiro atoms. The van der Waals surface area contributed by atoms with Gasteiger partial charge < -0.3 is 19.0 Å². The standard InChI is InChI=1S/C17H18N4O3/c1-11-6-13(24-20-11)7-12-9-23-10-15(12)19-17(22)14-8-21-5-3-2-4-16(21)18-14/h2-6,8,12,15H,7,9-10H2,1H3,(H,19,22)/t12-,15+/m1/s1. The number of aryl methyl sites for hydroxylation is 1. The van der Waals surface area contributed by atoms with Gasteiger partial charge >= 0.3 is 0 Å². The average Bonchev–Trinajstić information content (AvgIpc) is 3.28. The summed E-state index contributed by atoms with van der Waals surface area (Å²) in [5.41, 5.74) is 2.01. The van der Waals surface area contributed by atoms with Gasteiger partial charge in [0, 0.05) is 30.8 Å². The van der Waals surface area contributed by atoms with Gasteiger partial charge in [-0.1, -0.05) is 11.2 Å². The predicted octanol–water partition coefficient (Wildman–Crippen LogP) is 1.62. The summed E-state index contributed by atoms with van der Waals surface area (Å²) in [4.78, 5) is 16.8. The summed E-state index contributed by atoms with van der Waals surface area (Å²) in [7, 11) is 0. The number of amides is 1. The summed E-state index contributed by atoms with van der Waals surface area (Å²) in [6.45, 7) is 2.98. The molecule has 2 atom stereocenters. The number of pyridine rings is 1. The SMILES string of the molecule is Cc1cc(C[C@@H]2COC[C@@H]2NC(=O)c2cn3ccccc3n2)on1. The van der Waals surface area contributed by atoms with Crippen molar-refractivity contribution >= 4 is 11.6 Å². The maximum atomic E-state index is 12.5. The van der Waals surface area contributed by atoms with E-state index in [-0.39, 0.29) is 17.9 Å². The number of aromatic nitrogens is 3. The minimum absolute atomic E-state index is 0.0623. The first-order valence-corrected chi connectivity index (χ1v) is 7.93.